The van der Waals surface area contributed by atoms with E-state index in [-0.39, 0.29) is 30.4 Å². The summed E-state index contributed by atoms with van der Waals surface area (Å²) in [5, 5.41) is 6.17. The van der Waals surface area contributed by atoms with Crippen molar-refractivity contribution in [2.75, 3.05) is 26.4 Å². The van der Waals surface area contributed by atoms with E-state index in [0.717, 1.165) is 11.3 Å². The number of hydrogen-bond donors (Lipinski definition) is 2. The van der Waals surface area contributed by atoms with Gasteiger partial charge in [0.05, 0.1) is 25.9 Å². The van der Waals surface area contributed by atoms with Crippen LogP contribution in [0.2, 0.25) is 0 Å². The molecule has 0 spiro atoms. The molecule has 0 aliphatic carbocycles. The molecule has 130 valence electrons. The smallest absolute Gasteiger partial charge is 0.240 e. The van der Waals surface area contributed by atoms with Crippen LogP contribution >= 0.6 is 12.4 Å². The zero-order valence-corrected chi connectivity index (χ0v) is 14.8. The molecule has 1 aromatic rings. The normalized spacial score (nSPS) is 18.9. The quantitative estimate of drug-likeness (QED) is 0.833. The zero-order chi connectivity index (χ0) is 15.9. The summed E-state index contributed by atoms with van der Waals surface area (Å²) in [7, 11) is 0. The van der Waals surface area contributed by atoms with E-state index in [4.69, 9.17) is 9.47 Å². The minimum atomic E-state index is -0.259. The third-order valence-corrected chi connectivity index (χ3v) is 3.56. The number of amides is 1. The molecule has 1 aromatic carbocycles. The van der Waals surface area contributed by atoms with Gasteiger partial charge in [-0.1, -0.05) is 26.0 Å². The summed E-state index contributed by atoms with van der Waals surface area (Å²) in [6.45, 7) is 8.74. The van der Waals surface area contributed by atoms with E-state index >= 15 is 0 Å². The Kier molecular flexibility index (Phi) is 8.37. The first-order valence-electron chi connectivity index (χ1n) is 7.90. The Hall–Kier alpha value is -1.30. The largest absolute Gasteiger partial charge is 0.493 e. The van der Waals surface area contributed by atoms with E-state index < -0.39 is 0 Å². The molecule has 0 saturated carbocycles. The number of nitrogens with one attached hydrogen (secondary N) is 2. The zero-order valence-electron chi connectivity index (χ0n) is 14.0. The van der Waals surface area contributed by atoms with Crippen LogP contribution in [0, 0.1) is 5.92 Å². The molecule has 0 radical (unpaired) electrons. The van der Waals surface area contributed by atoms with Crippen molar-refractivity contribution in [3.63, 3.8) is 0 Å². The molecule has 2 N–H and O–H groups in total. The van der Waals surface area contributed by atoms with Gasteiger partial charge >= 0.3 is 0 Å². The van der Waals surface area contributed by atoms with Crippen LogP contribution in [0.5, 0.6) is 5.75 Å². The van der Waals surface area contributed by atoms with E-state index in [1.165, 1.54) is 0 Å². The summed E-state index contributed by atoms with van der Waals surface area (Å²) in [6.07, 6.45) is 0. The Bertz CT molecular complexity index is 473. The van der Waals surface area contributed by atoms with Gasteiger partial charge in [-0.25, -0.2) is 0 Å². The lowest BCUT2D eigenvalue weighted by atomic mass is 10.1. The number of benzene rings is 1. The van der Waals surface area contributed by atoms with Crippen LogP contribution < -0.4 is 15.4 Å². The van der Waals surface area contributed by atoms with Crippen LogP contribution in [0.4, 0.5) is 0 Å². The van der Waals surface area contributed by atoms with Crippen LogP contribution in [-0.2, 0) is 9.53 Å². The molecule has 5 nitrogen and oxygen atoms in total. The molecule has 0 aromatic heterocycles. The first-order valence-corrected chi connectivity index (χ1v) is 7.90. The maximum absolute atomic E-state index is 12.1. The van der Waals surface area contributed by atoms with Crippen molar-refractivity contribution in [3.05, 3.63) is 29.8 Å². The second-order valence-corrected chi connectivity index (χ2v) is 6.09. The Morgan fingerprint density at radius 2 is 2.04 bits per heavy atom. The molecule has 1 saturated heterocycles. The Morgan fingerprint density at radius 3 is 2.61 bits per heavy atom. The van der Waals surface area contributed by atoms with Crippen LogP contribution in [0.1, 0.15) is 32.4 Å². The van der Waals surface area contributed by atoms with Crippen molar-refractivity contribution in [2.24, 2.45) is 5.92 Å². The van der Waals surface area contributed by atoms with Crippen LogP contribution in [0.25, 0.3) is 0 Å². The van der Waals surface area contributed by atoms with E-state index in [2.05, 4.69) is 24.5 Å². The fraction of sp³-hybridized carbons (Fsp3) is 0.588. The van der Waals surface area contributed by atoms with E-state index in [9.17, 15) is 4.79 Å². The highest BCUT2D eigenvalue weighted by Gasteiger charge is 2.22. The summed E-state index contributed by atoms with van der Waals surface area (Å²) in [5.41, 5.74) is 1.06. The summed E-state index contributed by atoms with van der Waals surface area (Å²) < 4.78 is 11.0. The number of rotatable bonds is 6. The van der Waals surface area contributed by atoms with Gasteiger partial charge in [-0.05, 0) is 30.5 Å². The molecule has 1 aliphatic heterocycles. The molecule has 1 heterocycles. The number of carbonyl (C=O) groups excluding carboxylic acids is 1. The lowest BCUT2D eigenvalue weighted by molar-refractivity contribution is -0.126. The summed E-state index contributed by atoms with van der Waals surface area (Å²) >= 11 is 0. The maximum atomic E-state index is 12.1. The molecular weight excluding hydrogens is 316 g/mol. The van der Waals surface area contributed by atoms with Gasteiger partial charge in [0.1, 0.15) is 11.8 Å². The first-order chi connectivity index (χ1) is 10.6. The van der Waals surface area contributed by atoms with Gasteiger partial charge in [0.25, 0.3) is 0 Å². The Balaban J connectivity index is 0.00000264. The number of hydrogen-bond acceptors (Lipinski definition) is 4. The van der Waals surface area contributed by atoms with Gasteiger partial charge in [0.2, 0.25) is 5.91 Å². The van der Waals surface area contributed by atoms with Crippen molar-refractivity contribution in [3.8, 4) is 5.75 Å². The maximum Gasteiger partial charge on any atom is 0.240 e. The van der Waals surface area contributed by atoms with Crippen LogP contribution in [-0.4, -0.2) is 38.3 Å². The first kappa shape index (κ1) is 19.7. The van der Waals surface area contributed by atoms with E-state index in [1.54, 1.807) is 0 Å². The fourth-order valence-corrected chi connectivity index (χ4v) is 2.25. The van der Waals surface area contributed by atoms with Gasteiger partial charge in [-0.3, -0.25) is 4.79 Å². The standard InChI is InChI=1S/C17H26N2O3.ClH/c1-12(2)10-22-15-6-4-14(5-7-15)13(3)19-17(20)16-11-21-9-8-18-16;/h4-7,12-13,16,18H,8-11H2,1-3H3,(H,19,20);1H. The number of ether oxygens (including phenoxy) is 2. The molecule has 6 heteroatoms. The van der Waals surface area contributed by atoms with Gasteiger partial charge in [-0.2, -0.15) is 0 Å². The predicted octanol–water partition coefficient (Wildman–Crippen LogP) is 2.31. The number of morpholine rings is 1. The minimum absolute atomic E-state index is 0. The average molecular weight is 343 g/mol. The lowest BCUT2D eigenvalue weighted by Crippen LogP contribution is -2.51. The molecule has 2 rings (SSSR count). The molecular formula is C17H27ClN2O3. The second kappa shape index (κ2) is 9.75. The summed E-state index contributed by atoms with van der Waals surface area (Å²) in [6, 6.07) is 7.57. The Morgan fingerprint density at radius 1 is 1.35 bits per heavy atom. The highest BCUT2D eigenvalue weighted by Crippen LogP contribution is 2.18. The summed E-state index contributed by atoms with van der Waals surface area (Å²) in [5.74, 6) is 1.34. The van der Waals surface area contributed by atoms with Crippen LogP contribution in [0.3, 0.4) is 0 Å². The summed E-state index contributed by atoms with van der Waals surface area (Å²) in [4.78, 5) is 12.1. The predicted molar refractivity (Wildman–Crippen MR) is 93.2 cm³/mol. The fourth-order valence-electron chi connectivity index (χ4n) is 2.25. The molecule has 2 atom stereocenters. The highest BCUT2D eigenvalue weighted by molar-refractivity contribution is 5.85. The number of carbonyl (C=O) groups is 1. The SMILES string of the molecule is CC(C)COc1ccc(C(C)NC(=O)C2COCCN2)cc1.Cl. The molecule has 1 amide bonds. The third kappa shape index (κ3) is 6.37. The highest BCUT2D eigenvalue weighted by atomic mass is 35.5. The van der Waals surface area contributed by atoms with Crippen molar-refractivity contribution in [1.29, 1.82) is 0 Å². The van der Waals surface area contributed by atoms with E-state index in [0.29, 0.717) is 32.3 Å². The topological polar surface area (TPSA) is 59.6 Å². The molecule has 0 bridgehead atoms. The van der Waals surface area contributed by atoms with Crippen LogP contribution in [0.15, 0.2) is 24.3 Å². The van der Waals surface area contributed by atoms with Gasteiger partial charge in [0.15, 0.2) is 0 Å². The molecule has 1 fully saturated rings. The molecule has 23 heavy (non-hydrogen) atoms. The van der Waals surface area contributed by atoms with Gasteiger partial charge < -0.3 is 20.1 Å². The minimum Gasteiger partial charge on any atom is -0.493 e. The third-order valence-electron chi connectivity index (χ3n) is 3.56. The number of halogens is 1. The molecule has 1 aliphatic rings. The molecule has 2 unspecified atom stereocenters. The van der Waals surface area contributed by atoms with E-state index in [1.807, 2.05) is 31.2 Å². The monoisotopic (exact) mass is 342 g/mol. The second-order valence-electron chi connectivity index (χ2n) is 6.09. The van der Waals surface area contributed by atoms with Gasteiger partial charge in [-0.15, -0.1) is 12.4 Å². The Labute approximate surface area is 144 Å². The average Bonchev–Trinajstić information content (AvgIpc) is 2.54. The lowest BCUT2D eigenvalue weighted by Gasteiger charge is -2.25. The van der Waals surface area contributed by atoms with Crippen molar-refractivity contribution in [2.45, 2.75) is 32.9 Å². The van der Waals surface area contributed by atoms with Crippen molar-refractivity contribution in [1.82, 2.24) is 10.6 Å². The van der Waals surface area contributed by atoms with Crippen molar-refractivity contribution >= 4 is 18.3 Å². The van der Waals surface area contributed by atoms with Crippen molar-refractivity contribution < 1.29 is 14.3 Å². The van der Waals surface area contributed by atoms with Gasteiger partial charge in [0, 0.05) is 6.54 Å².